The van der Waals surface area contributed by atoms with Gasteiger partial charge < -0.3 is 21.5 Å². The third-order valence-electron chi connectivity index (χ3n) is 3.15. The third kappa shape index (κ3) is 5.82. The first-order valence-electron chi connectivity index (χ1n) is 7.14. The Bertz CT molecular complexity index is 528. The first-order valence-corrected chi connectivity index (χ1v) is 7.14. The van der Waals surface area contributed by atoms with Crippen molar-refractivity contribution in [3.05, 3.63) is 35.4 Å². The molecule has 0 heterocycles. The van der Waals surface area contributed by atoms with Crippen LogP contribution in [0.25, 0.3) is 0 Å². The number of amides is 1. The maximum Gasteiger partial charge on any atom is 0.326 e. The molecule has 0 aliphatic carbocycles. The summed E-state index contributed by atoms with van der Waals surface area (Å²) in [6, 6.07) is 5.82. The monoisotopic (exact) mass is 306 g/mol. The maximum atomic E-state index is 12.1. The van der Waals surface area contributed by atoms with Gasteiger partial charge in [0.2, 0.25) is 0 Å². The van der Waals surface area contributed by atoms with E-state index < -0.39 is 17.9 Å². The van der Waals surface area contributed by atoms with E-state index in [1.165, 1.54) is 0 Å². The number of benzene rings is 1. The Labute approximate surface area is 129 Å². The number of carbonyl (C=O) groups is 2. The molecule has 0 unspecified atom stereocenters. The number of carboxylic acids is 1. The first-order chi connectivity index (χ1) is 10.4. The number of carboxylic acid groups (broad SMARTS) is 1. The minimum absolute atomic E-state index is 0.123. The number of hydrogen-bond acceptors (Lipinski definition) is 3. The second-order valence-electron chi connectivity index (χ2n) is 4.97. The highest BCUT2D eigenvalue weighted by Crippen LogP contribution is 2.07. The lowest BCUT2D eigenvalue weighted by Gasteiger charge is -2.14. The predicted octanol–water partition coefficient (Wildman–Crippen LogP) is 1.04. The van der Waals surface area contributed by atoms with Crippen molar-refractivity contribution in [1.82, 2.24) is 10.6 Å². The van der Waals surface area contributed by atoms with E-state index in [4.69, 9.17) is 16.2 Å². The molecule has 7 heteroatoms. The lowest BCUT2D eigenvalue weighted by Crippen LogP contribution is -2.40. The van der Waals surface area contributed by atoms with Crippen LogP contribution in [0.3, 0.4) is 0 Å². The van der Waals surface area contributed by atoms with Crippen LogP contribution in [0.2, 0.25) is 0 Å². The summed E-state index contributed by atoms with van der Waals surface area (Å²) in [4.78, 5) is 23.2. The summed E-state index contributed by atoms with van der Waals surface area (Å²) in [6.07, 6.45) is 2.03. The molecule has 6 N–H and O–H groups in total. The van der Waals surface area contributed by atoms with E-state index >= 15 is 0 Å². The molecule has 1 aromatic rings. The van der Waals surface area contributed by atoms with Crippen LogP contribution in [0, 0.1) is 5.41 Å². The minimum Gasteiger partial charge on any atom is -0.480 e. The lowest BCUT2D eigenvalue weighted by atomic mass is 10.1. The normalized spacial score (nSPS) is 11.5. The van der Waals surface area contributed by atoms with E-state index in [0.717, 1.165) is 18.4 Å². The highest BCUT2D eigenvalue weighted by atomic mass is 16.4. The highest BCUT2D eigenvalue weighted by Gasteiger charge is 2.19. The lowest BCUT2D eigenvalue weighted by molar-refractivity contribution is -0.139. The second-order valence-corrected chi connectivity index (χ2v) is 4.97. The number of unbranched alkanes of at least 4 members (excludes halogenated alkanes) is 1. The van der Waals surface area contributed by atoms with Crippen molar-refractivity contribution in [3.8, 4) is 0 Å². The largest absolute Gasteiger partial charge is 0.480 e. The van der Waals surface area contributed by atoms with Crippen LogP contribution in [0.5, 0.6) is 0 Å². The van der Waals surface area contributed by atoms with Gasteiger partial charge in [0.15, 0.2) is 5.96 Å². The highest BCUT2D eigenvalue weighted by molar-refractivity contribution is 5.96. The summed E-state index contributed by atoms with van der Waals surface area (Å²) in [7, 11) is 0. The fourth-order valence-electron chi connectivity index (χ4n) is 1.88. The van der Waals surface area contributed by atoms with Gasteiger partial charge in [-0.2, -0.15) is 0 Å². The molecular weight excluding hydrogens is 284 g/mol. The van der Waals surface area contributed by atoms with Crippen LogP contribution in [0.1, 0.15) is 42.1 Å². The molecule has 1 rings (SSSR count). The average Bonchev–Trinajstić information content (AvgIpc) is 2.49. The zero-order chi connectivity index (χ0) is 16.5. The zero-order valence-corrected chi connectivity index (χ0v) is 12.6. The summed E-state index contributed by atoms with van der Waals surface area (Å²) in [5.74, 6) is -1.55. The van der Waals surface area contributed by atoms with Crippen LogP contribution in [0.4, 0.5) is 0 Å². The molecule has 0 bridgehead atoms. The summed E-state index contributed by atoms with van der Waals surface area (Å²) < 4.78 is 0. The van der Waals surface area contributed by atoms with Gasteiger partial charge in [-0.05, 0) is 24.1 Å². The summed E-state index contributed by atoms with van der Waals surface area (Å²) in [6.45, 7) is 2.36. The Balaban J connectivity index is 2.64. The van der Waals surface area contributed by atoms with Crippen LogP contribution in [-0.4, -0.2) is 29.0 Å². The summed E-state index contributed by atoms with van der Waals surface area (Å²) >= 11 is 0. The molecular formula is C15H22N4O3. The SMILES string of the molecule is CCCC[C@H](NC(=O)c1ccc(CNC(=N)N)cc1)C(=O)O. The molecule has 0 fully saturated rings. The number of nitrogens with two attached hydrogens (primary N) is 1. The van der Waals surface area contributed by atoms with E-state index in [9.17, 15) is 9.59 Å². The van der Waals surface area contributed by atoms with Gasteiger partial charge in [0.05, 0.1) is 0 Å². The molecule has 0 saturated carbocycles. The standard InChI is InChI=1S/C15H22N4O3/c1-2-3-4-12(14(21)22)19-13(20)11-7-5-10(6-8-11)9-18-15(16)17/h5-8,12H,2-4,9H2,1H3,(H,19,20)(H,21,22)(H4,16,17,18)/t12-/m0/s1. The van der Waals surface area contributed by atoms with Crippen LogP contribution < -0.4 is 16.4 Å². The molecule has 0 aliphatic rings. The van der Waals surface area contributed by atoms with Crippen LogP contribution in [0.15, 0.2) is 24.3 Å². The number of hydrogen-bond donors (Lipinski definition) is 5. The van der Waals surface area contributed by atoms with E-state index in [2.05, 4.69) is 10.6 Å². The molecule has 0 aliphatic heterocycles. The molecule has 0 aromatic heterocycles. The topological polar surface area (TPSA) is 128 Å². The van der Waals surface area contributed by atoms with Gasteiger partial charge in [0.25, 0.3) is 5.91 Å². The van der Waals surface area contributed by atoms with Gasteiger partial charge in [-0.3, -0.25) is 10.2 Å². The van der Waals surface area contributed by atoms with Crippen LogP contribution >= 0.6 is 0 Å². The van der Waals surface area contributed by atoms with Gasteiger partial charge in [0, 0.05) is 12.1 Å². The molecule has 1 aromatic carbocycles. The van der Waals surface area contributed by atoms with Gasteiger partial charge in [-0.25, -0.2) is 4.79 Å². The van der Waals surface area contributed by atoms with E-state index in [1.807, 2.05) is 6.92 Å². The van der Waals surface area contributed by atoms with E-state index in [1.54, 1.807) is 24.3 Å². The smallest absolute Gasteiger partial charge is 0.326 e. The molecule has 1 amide bonds. The second kappa shape index (κ2) is 8.66. The summed E-state index contributed by atoms with van der Waals surface area (Å²) in [5.41, 5.74) is 6.46. The number of nitrogens with one attached hydrogen (secondary N) is 3. The van der Waals surface area contributed by atoms with Gasteiger partial charge >= 0.3 is 5.97 Å². The molecule has 0 saturated heterocycles. The number of rotatable bonds is 8. The van der Waals surface area contributed by atoms with Crippen molar-refractivity contribution < 1.29 is 14.7 Å². The molecule has 120 valence electrons. The maximum absolute atomic E-state index is 12.1. The fraction of sp³-hybridized carbons (Fsp3) is 0.400. The van der Waals surface area contributed by atoms with Crippen molar-refractivity contribution in [2.24, 2.45) is 5.73 Å². The third-order valence-corrected chi connectivity index (χ3v) is 3.15. The van der Waals surface area contributed by atoms with Gasteiger partial charge in [-0.1, -0.05) is 31.9 Å². The number of aliphatic carboxylic acids is 1. The average molecular weight is 306 g/mol. The first kappa shape index (κ1) is 17.5. The molecule has 0 spiro atoms. The van der Waals surface area contributed by atoms with Crippen molar-refractivity contribution in [2.75, 3.05) is 0 Å². The van der Waals surface area contributed by atoms with Crippen molar-refractivity contribution in [3.63, 3.8) is 0 Å². The Morgan fingerprint density at radius 1 is 1.32 bits per heavy atom. The zero-order valence-electron chi connectivity index (χ0n) is 12.6. The van der Waals surface area contributed by atoms with Crippen molar-refractivity contribution in [1.29, 1.82) is 5.41 Å². The molecule has 22 heavy (non-hydrogen) atoms. The summed E-state index contributed by atoms with van der Waals surface area (Å²) in [5, 5.41) is 21.4. The molecule has 7 nitrogen and oxygen atoms in total. The Hall–Kier alpha value is -2.57. The molecule has 0 radical (unpaired) electrons. The van der Waals surface area contributed by atoms with Crippen molar-refractivity contribution >= 4 is 17.8 Å². The quantitative estimate of drug-likeness (QED) is 0.362. The fourth-order valence-corrected chi connectivity index (χ4v) is 1.88. The van der Waals surface area contributed by atoms with Crippen LogP contribution in [-0.2, 0) is 11.3 Å². The number of carbonyl (C=O) groups excluding carboxylic acids is 1. The molecule has 1 atom stereocenters. The minimum atomic E-state index is -1.02. The van der Waals surface area contributed by atoms with Gasteiger partial charge in [-0.15, -0.1) is 0 Å². The predicted molar refractivity (Wildman–Crippen MR) is 83.6 cm³/mol. The van der Waals surface area contributed by atoms with Gasteiger partial charge in [0.1, 0.15) is 6.04 Å². The Morgan fingerprint density at radius 3 is 2.45 bits per heavy atom. The number of guanidine groups is 1. The Kier molecular flexibility index (Phi) is 6.88. The van der Waals surface area contributed by atoms with E-state index in [0.29, 0.717) is 18.5 Å². The van der Waals surface area contributed by atoms with Crippen molar-refractivity contribution in [2.45, 2.75) is 38.8 Å². The van der Waals surface area contributed by atoms with E-state index in [-0.39, 0.29) is 5.96 Å². The Morgan fingerprint density at radius 2 is 1.95 bits per heavy atom.